The minimum atomic E-state index is -0.558. The van der Waals surface area contributed by atoms with E-state index in [1.54, 1.807) is 24.5 Å². The van der Waals surface area contributed by atoms with E-state index < -0.39 is 5.24 Å². The normalized spacial score (nSPS) is 10.8. The Morgan fingerprint density at radius 3 is 2.69 bits per heavy atom. The summed E-state index contributed by atoms with van der Waals surface area (Å²) in [5, 5.41) is 0.565. The van der Waals surface area contributed by atoms with Gasteiger partial charge < -0.3 is 4.74 Å². The molecule has 2 aromatic rings. The number of benzene rings is 1. The number of carbonyl (C=O) groups excluding carboxylic acids is 1. The van der Waals surface area contributed by atoms with E-state index >= 15 is 0 Å². The molecule has 0 radical (unpaired) electrons. The third-order valence-corrected chi connectivity index (χ3v) is 3.98. The Balaban J connectivity index is 2.86. The molecule has 84 valence electrons. The predicted molar refractivity (Wildman–Crippen MR) is 68.3 cm³/mol. The van der Waals surface area contributed by atoms with Gasteiger partial charge in [0.1, 0.15) is 5.75 Å². The van der Waals surface area contributed by atoms with Crippen molar-refractivity contribution in [1.82, 2.24) is 0 Å². The molecule has 0 bridgehead atoms. The maximum absolute atomic E-state index is 11.2. The highest BCUT2D eigenvalue weighted by atomic mass is 35.5. The first-order valence-corrected chi connectivity index (χ1v) is 6.09. The number of rotatable bonds is 2. The molecule has 0 aliphatic heterocycles. The van der Waals surface area contributed by atoms with Crippen molar-refractivity contribution in [3.05, 3.63) is 27.6 Å². The molecule has 0 fully saturated rings. The van der Waals surface area contributed by atoms with Gasteiger partial charge >= 0.3 is 0 Å². The molecular weight excluding hydrogens is 267 g/mol. The second kappa shape index (κ2) is 4.24. The van der Waals surface area contributed by atoms with Crippen molar-refractivity contribution in [2.45, 2.75) is 6.92 Å². The topological polar surface area (TPSA) is 26.3 Å². The summed E-state index contributed by atoms with van der Waals surface area (Å²) in [4.78, 5) is 12.2. The number of hydrogen-bond donors (Lipinski definition) is 0. The third-order valence-electron chi connectivity index (χ3n) is 2.33. The second-order valence-corrected chi connectivity index (χ2v) is 5.24. The van der Waals surface area contributed by atoms with Crippen LogP contribution in [0.3, 0.4) is 0 Å². The Bertz CT molecular complexity index is 575. The molecule has 5 heteroatoms. The number of halogens is 2. The molecule has 1 aromatic heterocycles. The van der Waals surface area contributed by atoms with Crippen molar-refractivity contribution in [3.8, 4) is 5.75 Å². The zero-order valence-corrected chi connectivity index (χ0v) is 11.0. The third kappa shape index (κ3) is 1.69. The van der Waals surface area contributed by atoms with Crippen molar-refractivity contribution in [2.24, 2.45) is 0 Å². The molecule has 1 heterocycles. The van der Waals surface area contributed by atoms with E-state index in [0.717, 1.165) is 15.0 Å². The van der Waals surface area contributed by atoms with Crippen LogP contribution in [0.4, 0.5) is 0 Å². The van der Waals surface area contributed by atoms with Crippen LogP contribution in [0.25, 0.3) is 10.1 Å². The largest absolute Gasteiger partial charge is 0.495 e. The van der Waals surface area contributed by atoms with Gasteiger partial charge in [-0.15, -0.1) is 11.3 Å². The Hall–Kier alpha value is -0.770. The summed E-state index contributed by atoms with van der Waals surface area (Å²) in [5.41, 5.74) is 0.312. The highest BCUT2D eigenvalue weighted by Crippen LogP contribution is 2.42. The molecule has 0 spiro atoms. The number of carbonyl (C=O) groups is 1. The fraction of sp³-hybridized carbons (Fsp3) is 0.182. The molecule has 0 aliphatic rings. The number of fused-ring (bicyclic) bond motifs is 1. The molecule has 0 saturated heterocycles. The van der Waals surface area contributed by atoms with Gasteiger partial charge in [0.15, 0.2) is 0 Å². The lowest BCUT2D eigenvalue weighted by Gasteiger charge is -2.03. The minimum absolute atomic E-state index is 0.312. The van der Waals surface area contributed by atoms with E-state index in [1.165, 1.54) is 0 Å². The first-order chi connectivity index (χ1) is 7.56. The molecule has 2 nitrogen and oxygen atoms in total. The molecule has 0 saturated carbocycles. The highest BCUT2D eigenvalue weighted by Gasteiger charge is 2.17. The summed E-state index contributed by atoms with van der Waals surface area (Å²) in [6.45, 7) is 1.95. The minimum Gasteiger partial charge on any atom is -0.495 e. The Morgan fingerprint density at radius 1 is 1.44 bits per heavy atom. The molecule has 0 N–H and O–H groups in total. The van der Waals surface area contributed by atoms with Gasteiger partial charge in [-0.2, -0.15) is 0 Å². The first-order valence-electron chi connectivity index (χ1n) is 4.51. The maximum atomic E-state index is 11.2. The summed E-state index contributed by atoms with van der Waals surface area (Å²) in [6.07, 6.45) is 0. The van der Waals surface area contributed by atoms with Gasteiger partial charge in [0.2, 0.25) is 0 Å². The van der Waals surface area contributed by atoms with Crippen molar-refractivity contribution in [3.63, 3.8) is 0 Å². The second-order valence-electron chi connectivity index (χ2n) is 3.27. The smallest absolute Gasteiger partial charge is 0.253 e. The van der Waals surface area contributed by atoms with Crippen molar-refractivity contribution in [2.75, 3.05) is 7.11 Å². The van der Waals surface area contributed by atoms with Gasteiger partial charge in [0.25, 0.3) is 5.24 Å². The molecule has 16 heavy (non-hydrogen) atoms. The molecule has 2 rings (SSSR count). The average molecular weight is 275 g/mol. The molecule has 0 unspecified atom stereocenters. The quantitative estimate of drug-likeness (QED) is 0.766. The van der Waals surface area contributed by atoms with E-state index in [4.69, 9.17) is 27.9 Å². The SMILES string of the molecule is COc1c(C)sc2ccc(C(=O)Cl)c(Cl)c12. The van der Waals surface area contributed by atoms with Gasteiger partial charge in [0.05, 0.1) is 23.1 Å². The fourth-order valence-electron chi connectivity index (χ4n) is 1.64. The van der Waals surface area contributed by atoms with Crippen molar-refractivity contribution < 1.29 is 9.53 Å². The number of aryl methyl sites for hydroxylation is 1. The number of methoxy groups -OCH3 is 1. The van der Waals surface area contributed by atoms with Crippen LogP contribution in [0.15, 0.2) is 12.1 Å². The Morgan fingerprint density at radius 2 is 2.12 bits per heavy atom. The number of hydrogen-bond acceptors (Lipinski definition) is 3. The standard InChI is InChI=1S/C11H8Cl2O2S/c1-5-10(15-2)8-7(16-5)4-3-6(9(8)12)11(13)14/h3-4H,1-2H3. The zero-order valence-electron chi connectivity index (χ0n) is 8.64. The lowest BCUT2D eigenvalue weighted by Crippen LogP contribution is -1.91. The van der Waals surface area contributed by atoms with Gasteiger partial charge in [-0.25, -0.2) is 0 Å². The summed E-state index contributed by atoms with van der Waals surface area (Å²) >= 11 is 13.2. The van der Waals surface area contributed by atoms with Crippen LogP contribution in [0.1, 0.15) is 15.2 Å². The summed E-state index contributed by atoms with van der Waals surface area (Å²) < 4.78 is 6.27. The van der Waals surface area contributed by atoms with Gasteiger partial charge in [-0.1, -0.05) is 11.6 Å². The number of thiophene rings is 1. The monoisotopic (exact) mass is 274 g/mol. The molecular formula is C11H8Cl2O2S. The van der Waals surface area contributed by atoms with Crippen LogP contribution < -0.4 is 4.74 Å². The Kier molecular flexibility index (Phi) is 3.10. The van der Waals surface area contributed by atoms with Crippen LogP contribution in [0.5, 0.6) is 5.75 Å². The van der Waals surface area contributed by atoms with E-state index in [9.17, 15) is 4.79 Å². The van der Waals surface area contributed by atoms with Crippen LogP contribution in [0, 0.1) is 6.92 Å². The van der Waals surface area contributed by atoms with E-state index in [2.05, 4.69) is 0 Å². The van der Waals surface area contributed by atoms with Crippen LogP contribution in [-0.2, 0) is 0 Å². The average Bonchev–Trinajstić information content (AvgIpc) is 2.54. The molecule has 0 atom stereocenters. The Labute approximate surface area is 107 Å². The molecule has 0 aliphatic carbocycles. The summed E-state index contributed by atoms with van der Waals surface area (Å²) in [6, 6.07) is 3.46. The fourth-order valence-corrected chi connectivity index (χ4v) is 3.28. The highest BCUT2D eigenvalue weighted by molar-refractivity contribution is 7.19. The van der Waals surface area contributed by atoms with Crippen LogP contribution in [-0.4, -0.2) is 12.4 Å². The van der Waals surface area contributed by atoms with E-state index in [1.807, 2.05) is 13.0 Å². The van der Waals surface area contributed by atoms with Gasteiger partial charge in [0, 0.05) is 9.58 Å². The van der Waals surface area contributed by atoms with Gasteiger partial charge in [-0.3, -0.25) is 4.79 Å². The maximum Gasteiger partial charge on any atom is 0.253 e. The zero-order chi connectivity index (χ0) is 11.9. The number of ether oxygens (including phenoxy) is 1. The van der Waals surface area contributed by atoms with E-state index in [-0.39, 0.29) is 0 Å². The predicted octanol–water partition coefficient (Wildman–Crippen LogP) is 4.25. The summed E-state index contributed by atoms with van der Waals surface area (Å²) in [7, 11) is 1.58. The molecule has 1 aromatic carbocycles. The lowest BCUT2D eigenvalue weighted by atomic mass is 10.1. The van der Waals surface area contributed by atoms with Crippen molar-refractivity contribution >= 4 is 49.9 Å². The molecule has 0 amide bonds. The summed E-state index contributed by atoms with van der Waals surface area (Å²) in [5.74, 6) is 0.713. The van der Waals surface area contributed by atoms with Crippen LogP contribution in [0.2, 0.25) is 5.02 Å². The lowest BCUT2D eigenvalue weighted by molar-refractivity contribution is 0.108. The van der Waals surface area contributed by atoms with Crippen molar-refractivity contribution in [1.29, 1.82) is 0 Å². The van der Waals surface area contributed by atoms with Gasteiger partial charge in [-0.05, 0) is 30.7 Å². The first kappa shape index (κ1) is 11.7. The van der Waals surface area contributed by atoms with Crippen LogP contribution >= 0.6 is 34.5 Å². The van der Waals surface area contributed by atoms with E-state index in [0.29, 0.717) is 16.3 Å².